The van der Waals surface area contributed by atoms with Gasteiger partial charge in [0.1, 0.15) is 0 Å². The van der Waals surface area contributed by atoms with Gasteiger partial charge in [-0.2, -0.15) is 10.2 Å². The van der Waals surface area contributed by atoms with Gasteiger partial charge in [-0.15, -0.1) is 0 Å². The van der Waals surface area contributed by atoms with Gasteiger partial charge in [-0.25, -0.2) is 10.9 Å². The Kier molecular flexibility index (Phi) is 6.79. The highest BCUT2D eigenvalue weighted by atomic mass is 35.5. The summed E-state index contributed by atoms with van der Waals surface area (Å²) in [6.07, 6.45) is 2.63. The van der Waals surface area contributed by atoms with Gasteiger partial charge in [0, 0.05) is 11.4 Å². The fraction of sp³-hybridized carbons (Fsp3) is 0.200. The maximum absolute atomic E-state index is 12.1. The summed E-state index contributed by atoms with van der Waals surface area (Å²) in [4.78, 5) is 24.3. The zero-order chi connectivity index (χ0) is 19.9. The number of hydrazone groups is 2. The van der Waals surface area contributed by atoms with E-state index in [-0.39, 0.29) is 11.8 Å². The fourth-order valence-electron chi connectivity index (χ4n) is 2.72. The molecular weight excluding hydrogens is 399 g/mol. The standard InChI is InChI=1S/C20H18Cl2N4O2/c21-17-7-3-1-5-15(17)19(27)25-23-13-9-11-14(12-10-13)24-26-20(28)16-6-2-4-8-18(16)22/h1-8H,9-12H2,(H,25,27)(H,26,28). The molecule has 2 amide bonds. The van der Waals surface area contributed by atoms with Gasteiger partial charge in [0.25, 0.3) is 11.8 Å². The number of halogens is 2. The Bertz CT molecular complexity index is 867. The Morgan fingerprint density at radius 1 is 0.679 bits per heavy atom. The lowest BCUT2D eigenvalue weighted by atomic mass is 9.97. The van der Waals surface area contributed by atoms with Crippen molar-refractivity contribution >= 4 is 46.4 Å². The van der Waals surface area contributed by atoms with Gasteiger partial charge in [-0.05, 0) is 49.9 Å². The molecule has 0 heterocycles. The molecule has 1 fully saturated rings. The average molecular weight is 417 g/mol. The molecule has 3 rings (SSSR count). The number of rotatable bonds is 4. The van der Waals surface area contributed by atoms with Crippen LogP contribution in [0.4, 0.5) is 0 Å². The predicted molar refractivity (Wildman–Crippen MR) is 111 cm³/mol. The topological polar surface area (TPSA) is 82.9 Å². The van der Waals surface area contributed by atoms with Crippen LogP contribution in [0.3, 0.4) is 0 Å². The number of hydrogen-bond donors (Lipinski definition) is 2. The molecule has 144 valence electrons. The Hall–Kier alpha value is -2.70. The van der Waals surface area contributed by atoms with E-state index in [1.807, 2.05) is 0 Å². The summed E-state index contributed by atoms with van der Waals surface area (Å²) in [6.45, 7) is 0. The average Bonchev–Trinajstić information content (AvgIpc) is 2.71. The first kappa shape index (κ1) is 20.0. The number of hydrogen-bond acceptors (Lipinski definition) is 4. The number of nitrogens with one attached hydrogen (secondary N) is 2. The summed E-state index contributed by atoms with van der Waals surface area (Å²) in [5, 5.41) is 9.14. The van der Waals surface area contributed by atoms with Crippen LogP contribution in [0.2, 0.25) is 10.0 Å². The largest absolute Gasteiger partial charge is 0.272 e. The molecule has 2 aromatic rings. The molecule has 0 spiro atoms. The van der Waals surface area contributed by atoms with E-state index in [4.69, 9.17) is 23.2 Å². The normalized spacial score (nSPS) is 13.6. The third-order valence-corrected chi connectivity index (χ3v) is 4.93. The van der Waals surface area contributed by atoms with Gasteiger partial charge < -0.3 is 0 Å². The van der Waals surface area contributed by atoms with Crippen molar-refractivity contribution in [1.29, 1.82) is 0 Å². The zero-order valence-electron chi connectivity index (χ0n) is 14.9. The van der Waals surface area contributed by atoms with Gasteiger partial charge in [-0.3, -0.25) is 9.59 Å². The Morgan fingerprint density at radius 2 is 1.04 bits per heavy atom. The van der Waals surface area contributed by atoms with Crippen LogP contribution in [0.25, 0.3) is 0 Å². The minimum atomic E-state index is -0.343. The highest BCUT2D eigenvalue weighted by Gasteiger charge is 2.15. The molecule has 2 N–H and O–H groups in total. The second-order valence-electron chi connectivity index (χ2n) is 6.20. The highest BCUT2D eigenvalue weighted by Crippen LogP contribution is 2.17. The van der Waals surface area contributed by atoms with Crippen molar-refractivity contribution in [3.05, 3.63) is 69.7 Å². The number of amides is 2. The molecule has 0 radical (unpaired) electrons. The molecule has 0 aromatic heterocycles. The van der Waals surface area contributed by atoms with Gasteiger partial charge in [0.15, 0.2) is 0 Å². The first-order valence-corrected chi connectivity index (χ1v) is 9.51. The van der Waals surface area contributed by atoms with Gasteiger partial charge in [-0.1, -0.05) is 47.5 Å². The van der Waals surface area contributed by atoms with Crippen molar-refractivity contribution in [2.75, 3.05) is 0 Å². The highest BCUT2D eigenvalue weighted by molar-refractivity contribution is 6.34. The molecule has 1 aliphatic rings. The first-order chi connectivity index (χ1) is 13.5. The monoisotopic (exact) mass is 416 g/mol. The van der Waals surface area contributed by atoms with Gasteiger partial charge in [0.05, 0.1) is 21.2 Å². The lowest BCUT2D eigenvalue weighted by Crippen LogP contribution is -2.24. The molecule has 28 heavy (non-hydrogen) atoms. The summed E-state index contributed by atoms with van der Waals surface area (Å²) in [6, 6.07) is 13.6. The second kappa shape index (κ2) is 9.48. The molecular formula is C20H18Cl2N4O2. The Labute approximate surface area is 172 Å². The van der Waals surface area contributed by atoms with Crippen molar-refractivity contribution in [3.8, 4) is 0 Å². The van der Waals surface area contributed by atoms with E-state index in [0.717, 1.165) is 11.4 Å². The van der Waals surface area contributed by atoms with Crippen LogP contribution in [0.1, 0.15) is 46.4 Å². The van der Waals surface area contributed by atoms with Crippen molar-refractivity contribution in [3.63, 3.8) is 0 Å². The Morgan fingerprint density at radius 3 is 1.39 bits per heavy atom. The third kappa shape index (κ3) is 5.18. The lowest BCUT2D eigenvalue weighted by molar-refractivity contribution is 0.0946. The van der Waals surface area contributed by atoms with Crippen LogP contribution in [0, 0.1) is 0 Å². The van der Waals surface area contributed by atoms with Crippen LogP contribution >= 0.6 is 23.2 Å². The molecule has 1 aliphatic carbocycles. The van der Waals surface area contributed by atoms with Crippen molar-refractivity contribution in [1.82, 2.24) is 10.9 Å². The van der Waals surface area contributed by atoms with Crippen LogP contribution in [-0.2, 0) is 0 Å². The minimum absolute atomic E-state index is 0.343. The quantitative estimate of drug-likeness (QED) is 0.721. The summed E-state index contributed by atoms with van der Waals surface area (Å²) in [5.41, 5.74) is 7.60. The number of carbonyl (C=O) groups excluding carboxylic acids is 2. The molecule has 6 nitrogen and oxygen atoms in total. The predicted octanol–water partition coefficient (Wildman–Crippen LogP) is 4.44. The van der Waals surface area contributed by atoms with Crippen LogP contribution < -0.4 is 10.9 Å². The molecule has 0 unspecified atom stereocenters. The summed E-state index contributed by atoms with van der Waals surface area (Å²) >= 11 is 12.0. The Balaban J connectivity index is 1.51. The van der Waals surface area contributed by atoms with Gasteiger partial charge >= 0.3 is 0 Å². The number of benzene rings is 2. The SMILES string of the molecule is O=C(NN=C1CCC(=NNC(=O)c2ccccc2Cl)CC1)c1ccccc1Cl. The van der Waals surface area contributed by atoms with E-state index in [0.29, 0.717) is 46.9 Å². The number of nitrogens with zero attached hydrogens (tertiary/aromatic N) is 2. The fourth-order valence-corrected chi connectivity index (χ4v) is 3.16. The molecule has 1 saturated carbocycles. The minimum Gasteiger partial charge on any atom is -0.267 e. The zero-order valence-corrected chi connectivity index (χ0v) is 16.4. The molecule has 8 heteroatoms. The van der Waals surface area contributed by atoms with E-state index in [1.165, 1.54) is 0 Å². The summed E-state index contributed by atoms with van der Waals surface area (Å²) in [5.74, 6) is -0.686. The smallest absolute Gasteiger partial charge is 0.267 e. The van der Waals surface area contributed by atoms with Crippen LogP contribution in [-0.4, -0.2) is 23.2 Å². The molecule has 2 aromatic carbocycles. The maximum Gasteiger partial charge on any atom is 0.272 e. The summed E-state index contributed by atoms with van der Waals surface area (Å²) in [7, 11) is 0. The molecule has 0 aliphatic heterocycles. The third-order valence-electron chi connectivity index (χ3n) is 4.27. The lowest BCUT2D eigenvalue weighted by Gasteiger charge is -2.15. The summed E-state index contributed by atoms with van der Waals surface area (Å²) < 4.78 is 0. The van der Waals surface area contributed by atoms with Crippen molar-refractivity contribution in [2.24, 2.45) is 10.2 Å². The van der Waals surface area contributed by atoms with E-state index in [2.05, 4.69) is 21.1 Å². The maximum atomic E-state index is 12.1. The van der Waals surface area contributed by atoms with Crippen molar-refractivity contribution in [2.45, 2.75) is 25.7 Å². The molecule has 0 atom stereocenters. The molecule has 0 saturated heterocycles. The van der Waals surface area contributed by atoms with E-state index in [9.17, 15) is 9.59 Å². The molecule has 0 bridgehead atoms. The van der Waals surface area contributed by atoms with Gasteiger partial charge in [0.2, 0.25) is 0 Å². The number of carbonyl (C=O) groups is 2. The van der Waals surface area contributed by atoms with Crippen LogP contribution in [0.5, 0.6) is 0 Å². The van der Waals surface area contributed by atoms with E-state index < -0.39 is 0 Å². The van der Waals surface area contributed by atoms with E-state index in [1.54, 1.807) is 48.5 Å². The van der Waals surface area contributed by atoms with Crippen LogP contribution in [0.15, 0.2) is 58.7 Å². The second-order valence-corrected chi connectivity index (χ2v) is 7.01. The first-order valence-electron chi connectivity index (χ1n) is 8.75. The van der Waals surface area contributed by atoms with Crippen molar-refractivity contribution < 1.29 is 9.59 Å². The van der Waals surface area contributed by atoms with E-state index >= 15 is 0 Å².